The van der Waals surface area contributed by atoms with E-state index >= 15 is 0 Å². The Bertz CT molecular complexity index is 1470. The zero-order valence-corrected chi connectivity index (χ0v) is 21.2. The number of ether oxygens (including phenoxy) is 1. The van der Waals surface area contributed by atoms with E-state index in [-0.39, 0.29) is 29.2 Å². The molecule has 4 heterocycles. The van der Waals surface area contributed by atoms with Crippen molar-refractivity contribution in [3.05, 3.63) is 64.6 Å². The van der Waals surface area contributed by atoms with Gasteiger partial charge in [0.25, 0.3) is 5.91 Å². The van der Waals surface area contributed by atoms with E-state index in [2.05, 4.69) is 11.0 Å². The van der Waals surface area contributed by atoms with Crippen LogP contribution in [0, 0.1) is 0 Å². The minimum absolute atomic E-state index is 0.0353. The van der Waals surface area contributed by atoms with Crippen molar-refractivity contribution in [1.82, 2.24) is 24.4 Å². The molecule has 0 spiro atoms. The van der Waals surface area contributed by atoms with Crippen LogP contribution in [0.2, 0.25) is 0 Å². The van der Waals surface area contributed by atoms with E-state index in [1.807, 2.05) is 12.3 Å². The molecule has 1 aromatic carbocycles. The summed E-state index contributed by atoms with van der Waals surface area (Å²) in [5.74, 6) is -0.511. The van der Waals surface area contributed by atoms with Crippen LogP contribution < -0.4 is 10.5 Å². The molecule has 4 aliphatic rings. The average Bonchev–Trinajstić information content (AvgIpc) is 3.41. The molecule has 1 fully saturated rings. The Morgan fingerprint density at radius 2 is 2.08 bits per heavy atom. The Labute approximate surface area is 219 Å². The second kappa shape index (κ2) is 8.57. The van der Waals surface area contributed by atoms with Crippen LogP contribution >= 0.6 is 0 Å². The Morgan fingerprint density at radius 1 is 1.24 bits per heavy atom. The topological polar surface area (TPSA) is 89.0 Å². The third-order valence-corrected chi connectivity index (χ3v) is 9.19. The van der Waals surface area contributed by atoms with Gasteiger partial charge in [0.15, 0.2) is 5.65 Å². The van der Waals surface area contributed by atoms with Crippen molar-refractivity contribution in [2.24, 2.45) is 5.73 Å². The summed E-state index contributed by atoms with van der Waals surface area (Å²) in [6.07, 6.45) is 9.18. The van der Waals surface area contributed by atoms with E-state index in [0.29, 0.717) is 29.7 Å². The zero-order valence-electron chi connectivity index (χ0n) is 21.2. The summed E-state index contributed by atoms with van der Waals surface area (Å²) in [6, 6.07) is 6.50. The summed E-state index contributed by atoms with van der Waals surface area (Å²) >= 11 is 0. The lowest BCUT2D eigenvalue weighted by atomic mass is 9.74. The molecule has 0 radical (unpaired) electrons. The van der Waals surface area contributed by atoms with Crippen molar-refractivity contribution in [2.45, 2.75) is 56.2 Å². The monoisotopic (exact) mass is 520 g/mol. The SMILES string of the molecule is CN1C(=O)c2cccc(OC(F)F)c2C2CC1c1nn3ccc(C4=CCN(C5(CN)CCC5)CC4)nc3c12. The Hall–Kier alpha value is -3.37. The molecule has 38 heavy (non-hydrogen) atoms. The van der Waals surface area contributed by atoms with E-state index in [4.69, 9.17) is 20.6 Å². The standard InChI is InChI=1S/C28H30F2N6O2/c1-34-20-14-18(22-17(26(34)37)4-2-5-21(22)38-27(29)30)23-24(20)33-36-13-8-19(32-25(23)36)16-6-11-35(12-7-16)28(15-31)9-3-10-28/h2,4-6,8,13,18,20,27H,3,7,9-12,14-15,31H2,1H3. The Morgan fingerprint density at radius 3 is 2.76 bits per heavy atom. The fraction of sp³-hybridized carbons (Fsp3) is 0.464. The Balaban J connectivity index is 1.31. The molecule has 3 aromatic rings. The number of nitrogens with zero attached hydrogens (tertiary/aromatic N) is 5. The van der Waals surface area contributed by atoms with Gasteiger partial charge in [-0.15, -0.1) is 0 Å². The van der Waals surface area contributed by atoms with E-state index < -0.39 is 6.61 Å². The summed E-state index contributed by atoms with van der Waals surface area (Å²) in [5.41, 5.74) is 11.6. The van der Waals surface area contributed by atoms with Gasteiger partial charge in [0.05, 0.1) is 17.4 Å². The largest absolute Gasteiger partial charge is 0.434 e. The number of amides is 1. The van der Waals surface area contributed by atoms with Gasteiger partial charge in [-0.25, -0.2) is 9.50 Å². The number of rotatable bonds is 5. The van der Waals surface area contributed by atoms with Crippen LogP contribution in [0.1, 0.15) is 76.9 Å². The fourth-order valence-corrected chi connectivity index (χ4v) is 6.97. The third kappa shape index (κ3) is 3.36. The van der Waals surface area contributed by atoms with Crippen molar-refractivity contribution in [3.8, 4) is 5.75 Å². The number of nitrogens with two attached hydrogens (primary N) is 1. The van der Waals surface area contributed by atoms with Crippen molar-refractivity contribution >= 4 is 17.1 Å². The third-order valence-electron chi connectivity index (χ3n) is 9.19. The first kappa shape index (κ1) is 23.7. The van der Waals surface area contributed by atoms with Gasteiger partial charge in [0.2, 0.25) is 0 Å². The molecule has 2 N–H and O–H groups in total. The molecule has 7 rings (SSSR count). The fourth-order valence-electron chi connectivity index (χ4n) is 6.97. The number of hydrogen-bond donors (Lipinski definition) is 1. The van der Waals surface area contributed by atoms with E-state index in [1.165, 1.54) is 18.1 Å². The van der Waals surface area contributed by atoms with Gasteiger partial charge in [0, 0.05) is 61.0 Å². The van der Waals surface area contributed by atoms with Crippen LogP contribution in [0.5, 0.6) is 5.75 Å². The van der Waals surface area contributed by atoms with Crippen LogP contribution in [0.3, 0.4) is 0 Å². The van der Waals surface area contributed by atoms with Gasteiger partial charge in [0.1, 0.15) is 5.75 Å². The van der Waals surface area contributed by atoms with E-state index in [0.717, 1.165) is 49.3 Å². The molecule has 2 aliphatic carbocycles. The molecule has 2 aliphatic heterocycles. The molecule has 2 aromatic heterocycles. The van der Waals surface area contributed by atoms with Crippen LogP contribution in [0.15, 0.2) is 36.5 Å². The number of hydrogen-bond acceptors (Lipinski definition) is 6. The molecule has 1 saturated carbocycles. The highest BCUT2D eigenvalue weighted by Crippen LogP contribution is 2.53. The molecule has 10 heteroatoms. The normalized spacial score (nSPS) is 24.2. The zero-order chi connectivity index (χ0) is 26.2. The molecule has 1 amide bonds. The molecule has 0 saturated heterocycles. The molecule has 198 valence electrons. The van der Waals surface area contributed by atoms with Gasteiger partial charge in [-0.3, -0.25) is 9.69 Å². The second-order valence-electron chi connectivity index (χ2n) is 10.9. The lowest BCUT2D eigenvalue weighted by Crippen LogP contribution is -2.59. The maximum atomic E-state index is 13.3. The minimum Gasteiger partial charge on any atom is -0.434 e. The predicted octanol–water partition coefficient (Wildman–Crippen LogP) is 3.96. The number of fused-ring (bicyclic) bond motifs is 9. The number of aromatic nitrogens is 3. The summed E-state index contributed by atoms with van der Waals surface area (Å²) in [4.78, 5) is 22.5. The highest BCUT2D eigenvalue weighted by atomic mass is 19.3. The first-order valence-electron chi connectivity index (χ1n) is 13.3. The van der Waals surface area contributed by atoms with Gasteiger partial charge in [-0.2, -0.15) is 13.9 Å². The number of carbonyl (C=O) groups excluding carboxylic acids is 1. The molecule has 2 atom stereocenters. The highest BCUT2D eigenvalue weighted by Gasteiger charge is 2.46. The molecule has 2 bridgehead atoms. The first-order chi connectivity index (χ1) is 18.4. The second-order valence-corrected chi connectivity index (χ2v) is 10.9. The predicted molar refractivity (Wildman–Crippen MR) is 137 cm³/mol. The summed E-state index contributed by atoms with van der Waals surface area (Å²) < 4.78 is 33.3. The minimum atomic E-state index is -2.99. The van der Waals surface area contributed by atoms with E-state index in [9.17, 15) is 13.6 Å². The number of halogens is 2. The first-order valence-corrected chi connectivity index (χ1v) is 13.3. The number of alkyl halides is 2. The van der Waals surface area contributed by atoms with Gasteiger partial charge < -0.3 is 15.4 Å². The number of carbonyl (C=O) groups is 1. The van der Waals surface area contributed by atoms with Crippen LogP contribution in [-0.2, 0) is 0 Å². The quantitative estimate of drug-likeness (QED) is 0.548. The van der Waals surface area contributed by atoms with Crippen LogP contribution in [0.25, 0.3) is 11.2 Å². The van der Waals surface area contributed by atoms with Crippen molar-refractivity contribution in [1.29, 1.82) is 0 Å². The lowest BCUT2D eigenvalue weighted by Gasteiger charge is -2.50. The summed E-state index contributed by atoms with van der Waals surface area (Å²) in [7, 11) is 1.74. The van der Waals surface area contributed by atoms with Gasteiger partial charge in [-0.1, -0.05) is 12.1 Å². The van der Waals surface area contributed by atoms with Crippen LogP contribution in [0.4, 0.5) is 8.78 Å². The van der Waals surface area contributed by atoms with Crippen molar-refractivity contribution in [2.75, 3.05) is 26.7 Å². The van der Waals surface area contributed by atoms with Gasteiger partial charge >= 0.3 is 6.61 Å². The maximum absolute atomic E-state index is 13.3. The van der Waals surface area contributed by atoms with Crippen LogP contribution in [-0.4, -0.2) is 69.1 Å². The summed E-state index contributed by atoms with van der Waals surface area (Å²) in [5, 5.41) is 4.82. The molecule has 2 unspecified atom stereocenters. The smallest absolute Gasteiger partial charge is 0.387 e. The van der Waals surface area contributed by atoms with Gasteiger partial charge in [-0.05, 0) is 55.9 Å². The highest BCUT2D eigenvalue weighted by molar-refractivity contribution is 5.98. The number of benzene rings is 1. The Kier molecular flexibility index (Phi) is 5.35. The van der Waals surface area contributed by atoms with E-state index in [1.54, 1.807) is 28.6 Å². The van der Waals surface area contributed by atoms with Crippen molar-refractivity contribution < 1.29 is 18.3 Å². The molecular weight excluding hydrogens is 490 g/mol. The average molecular weight is 521 g/mol. The lowest BCUT2D eigenvalue weighted by molar-refractivity contribution is -0.0505. The molecular formula is C28H30F2N6O2. The molecule has 8 nitrogen and oxygen atoms in total. The summed E-state index contributed by atoms with van der Waals surface area (Å²) in [6.45, 7) is -0.484. The van der Waals surface area contributed by atoms with Crippen molar-refractivity contribution in [3.63, 3.8) is 0 Å². The maximum Gasteiger partial charge on any atom is 0.387 e.